The van der Waals surface area contributed by atoms with E-state index in [1.54, 1.807) is 11.3 Å². The number of hydrogen-bond donors (Lipinski definition) is 0. The molecule has 0 spiro atoms. The zero-order valence-corrected chi connectivity index (χ0v) is 13.5. The van der Waals surface area contributed by atoms with Crippen molar-refractivity contribution in [3.05, 3.63) is 56.8 Å². The molecule has 1 aromatic carbocycles. The Kier molecular flexibility index (Phi) is 4.32. The van der Waals surface area contributed by atoms with E-state index in [1.165, 1.54) is 15.3 Å². The Labute approximate surface area is 133 Å². The number of carbonyl (C=O) groups is 1. The van der Waals surface area contributed by atoms with Crippen LogP contribution in [0.1, 0.15) is 44.1 Å². The van der Waals surface area contributed by atoms with Crippen LogP contribution in [0.25, 0.3) is 0 Å². The topological polar surface area (TPSA) is 26.3 Å². The second-order valence-electron chi connectivity index (χ2n) is 5.21. The lowest BCUT2D eigenvalue weighted by Crippen LogP contribution is -2.08. The Morgan fingerprint density at radius 1 is 1.33 bits per heavy atom. The largest absolute Gasteiger partial charge is 0.462 e. The second kappa shape index (κ2) is 6.20. The van der Waals surface area contributed by atoms with Gasteiger partial charge in [0, 0.05) is 15.7 Å². The molecule has 1 unspecified atom stereocenters. The fraction of sp³-hybridized carbons (Fsp3) is 0.353. The average molecular weight is 321 g/mol. The predicted octanol–water partition coefficient (Wildman–Crippen LogP) is 4.55. The van der Waals surface area contributed by atoms with Crippen LogP contribution in [-0.2, 0) is 23.5 Å². The summed E-state index contributed by atoms with van der Waals surface area (Å²) >= 11 is 7.66. The van der Waals surface area contributed by atoms with Gasteiger partial charge in [-0.3, -0.25) is 0 Å². The Morgan fingerprint density at radius 3 is 2.90 bits per heavy atom. The zero-order valence-electron chi connectivity index (χ0n) is 11.9. The van der Waals surface area contributed by atoms with Crippen molar-refractivity contribution < 1.29 is 9.53 Å². The molecule has 1 aliphatic carbocycles. The molecule has 0 saturated heterocycles. The number of alkyl halides is 1. The van der Waals surface area contributed by atoms with Crippen LogP contribution in [0.4, 0.5) is 0 Å². The maximum atomic E-state index is 12.1. The standard InChI is InChI=1S/C17H17ClO2S/c1-2-20-17(19)14-5-3-4-11-8-12(9-15(11)14)16-7-6-13(10-18)21-16/h3-7,12H,2,8-10H2,1H3. The minimum atomic E-state index is -0.206. The van der Waals surface area contributed by atoms with Crippen LogP contribution >= 0.6 is 22.9 Å². The van der Waals surface area contributed by atoms with Crippen LogP contribution in [-0.4, -0.2) is 12.6 Å². The van der Waals surface area contributed by atoms with Crippen molar-refractivity contribution in [3.8, 4) is 0 Å². The summed E-state index contributed by atoms with van der Waals surface area (Å²) in [7, 11) is 0. The number of fused-ring (bicyclic) bond motifs is 1. The highest BCUT2D eigenvalue weighted by atomic mass is 35.5. The Morgan fingerprint density at radius 2 is 2.19 bits per heavy atom. The summed E-state index contributed by atoms with van der Waals surface area (Å²) in [6.07, 6.45) is 1.90. The van der Waals surface area contributed by atoms with E-state index in [-0.39, 0.29) is 5.97 Å². The van der Waals surface area contributed by atoms with Gasteiger partial charge in [-0.2, -0.15) is 0 Å². The molecule has 3 rings (SSSR count). The first kappa shape index (κ1) is 14.6. The first-order valence-electron chi connectivity index (χ1n) is 7.15. The second-order valence-corrected chi connectivity index (χ2v) is 6.67. The number of halogens is 1. The third-order valence-corrected chi connectivity index (χ3v) is 5.60. The molecule has 1 atom stereocenters. The molecule has 2 nitrogen and oxygen atoms in total. The van der Waals surface area contributed by atoms with E-state index in [2.05, 4.69) is 18.2 Å². The van der Waals surface area contributed by atoms with Crippen LogP contribution in [0, 0.1) is 0 Å². The van der Waals surface area contributed by atoms with Gasteiger partial charge in [-0.15, -0.1) is 22.9 Å². The van der Waals surface area contributed by atoms with Crippen molar-refractivity contribution in [2.75, 3.05) is 6.61 Å². The smallest absolute Gasteiger partial charge is 0.338 e. The molecule has 0 radical (unpaired) electrons. The number of rotatable bonds is 4. The molecule has 0 aliphatic heterocycles. The number of benzene rings is 1. The van der Waals surface area contributed by atoms with Gasteiger partial charge in [0.25, 0.3) is 0 Å². The molecule has 1 heterocycles. The van der Waals surface area contributed by atoms with E-state index in [4.69, 9.17) is 16.3 Å². The monoisotopic (exact) mass is 320 g/mol. The number of thiophene rings is 1. The molecule has 0 bridgehead atoms. The maximum Gasteiger partial charge on any atom is 0.338 e. The molecule has 21 heavy (non-hydrogen) atoms. The molecule has 0 saturated carbocycles. The molecule has 1 aliphatic rings. The van der Waals surface area contributed by atoms with Gasteiger partial charge in [-0.05, 0) is 49.1 Å². The predicted molar refractivity (Wildman–Crippen MR) is 86.4 cm³/mol. The summed E-state index contributed by atoms with van der Waals surface area (Å²) in [6.45, 7) is 2.25. The molecule has 0 amide bonds. The molecule has 2 aromatic rings. The molecular weight excluding hydrogens is 304 g/mol. The van der Waals surface area contributed by atoms with Gasteiger partial charge in [0.05, 0.1) is 18.1 Å². The molecule has 0 fully saturated rings. The Bertz CT molecular complexity index is 663. The van der Waals surface area contributed by atoms with Gasteiger partial charge in [-0.1, -0.05) is 12.1 Å². The SMILES string of the molecule is CCOC(=O)c1cccc2c1CC(c1ccc(CCl)s1)C2. The Hall–Kier alpha value is -1.32. The first-order chi connectivity index (χ1) is 10.2. The molecule has 0 N–H and O–H groups in total. The average Bonchev–Trinajstić information content (AvgIpc) is 3.13. The lowest BCUT2D eigenvalue weighted by molar-refractivity contribution is 0.0525. The van der Waals surface area contributed by atoms with Crippen LogP contribution in [0.2, 0.25) is 0 Å². The zero-order chi connectivity index (χ0) is 14.8. The molecular formula is C17H17ClO2S. The van der Waals surface area contributed by atoms with Gasteiger partial charge in [0.2, 0.25) is 0 Å². The molecule has 1 aromatic heterocycles. The number of carbonyl (C=O) groups excluding carboxylic acids is 1. The van der Waals surface area contributed by atoms with E-state index in [9.17, 15) is 4.79 Å². The van der Waals surface area contributed by atoms with Gasteiger partial charge >= 0.3 is 5.97 Å². The molecule has 4 heteroatoms. The highest BCUT2D eigenvalue weighted by molar-refractivity contribution is 7.12. The highest BCUT2D eigenvalue weighted by Crippen LogP contribution is 2.38. The maximum absolute atomic E-state index is 12.1. The van der Waals surface area contributed by atoms with E-state index in [1.807, 2.05) is 19.1 Å². The summed E-state index contributed by atoms with van der Waals surface area (Å²) in [4.78, 5) is 14.6. The normalized spacial score (nSPS) is 16.8. The summed E-state index contributed by atoms with van der Waals surface area (Å²) in [5, 5.41) is 0. The van der Waals surface area contributed by atoms with Gasteiger partial charge in [-0.25, -0.2) is 4.79 Å². The van der Waals surface area contributed by atoms with Crippen LogP contribution in [0.15, 0.2) is 30.3 Å². The first-order valence-corrected chi connectivity index (χ1v) is 8.50. The lowest BCUT2D eigenvalue weighted by atomic mass is 10.0. The van der Waals surface area contributed by atoms with Gasteiger partial charge < -0.3 is 4.74 Å². The van der Waals surface area contributed by atoms with Crippen molar-refractivity contribution in [3.63, 3.8) is 0 Å². The van der Waals surface area contributed by atoms with Crippen LogP contribution in [0.3, 0.4) is 0 Å². The molecule has 110 valence electrons. The number of esters is 1. The third kappa shape index (κ3) is 2.85. The summed E-state index contributed by atoms with van der Waals surface area (Å²) in [6, 6.07) is 10.2. The van der Waals surface area contributed by atoms with Gasteiger partial charge in [0.1, 0.15) is 0 Å². The fourth-order valence-electron chi connectivity index (χ4n) is 2.94. The van der Waals surface area contributed by atoms with Crippen LogP contribution < -0.4 is 0 Å². The minimum absolute atomic E-state index is 0.206. The number of hydrogen-bond acceptors (Lipinski definition) is 3. The number of ether oxygens (including phenoxy) is 1. The summed E-state index contributed by atoms with van der Waals surface area (Å²) < 4.78 is 5.16. The van der Waals surface area contributed by atoms with Crippen LogP contribution in [0.5, 0.6) is 0 Å². The lowest BCUT2D eigenvalue weighted by Gasteiger charge is -2.07. The van der Waals surface area contributed by atoms with Crippen molar-refractivity contribution >= 4 is 28.9 Å². The summed E-state index contributed by atoms with van der Waals surface area (Å²) in [5.41, 5.74) is 3.15. The summed E-state index contributed by atoms with van der Waals surface area (Å²) in [5.74, 6) is 0.818. The Balaban J connectivity index is 1.86. The quantitative estimate of drug-likeness (QED) is 0.610. The van der Waals surface area contributed by atoms with E-state index < -0.39 is 0 Å². The highest BCUT2D eigenvalue weighted by Gasteiger charge is 2.28. The van der Waals surface area contributed by atoms with Crippen molar-refractivity contribution in [1.29, 1.82) is 0 Å². The van der Waals surface area contributed by atoms with E-state index in [0.717, 1.165) is 24.0 Å². The minimum Gasteiger partial charge on any atom is -0.462 e. The van der Waals surface area contributed by atoms with Crippen molar-refractivity contribution in [1.82, 2.24) is 0 Å². The van der Waals surface area contributed by atoms with Crippen molar-refractivity contribution in [2.24, 2.45) is 0 Å². The van der Waals surface area contributed by atoms with Crippen molar-refractivity contribution in [2.45, 2.75) is 31.6 Å². The fourth-order valence-corrected chi connectivity index (χ4v) is 4.15. The third-order valence-electron chi connectivity index (χ3n) is 3.90. The van der Waals surface area contributed by atoms with E-state index in [0.29, 0.717) is 18.4 Å². The van der Waals surface area contributed by atoms with E-state index >= 15 is 0 Å². The van der Waals surface area contributed by atoms with Gasteiger partial charge in [0.15, 0.2) is 0 Å².